The van der Waals surface area contributed by atoms with Crippen LogP contribution in [0.5, 0.6) is 0 Å². The fraction of sp³-hybridized carbons (Fsp3) is 0.538. The van der Waals surface area contributed by atoms with Gasteiger partial charge in [-0.15, -0.1) is 0 Å². The van der Waals surface area contributed by atoms with Gasteiger partial charge < -0.3 is 52.6 Å². The quantitative estimate of drug-likeness (QED) is 0.0108. The molecule has 1 heterocycles. The van der Waals surface area contributed by atoms with Crippen LogP contribution in [0.4, 0.5) is 21.5 Å². The van der Waals surface area contributed by atoms with E-state index in [1.165, 1.54) is 34.1 Å². The van der Waals surface area contributed by atoms with Gasteiger partial charge in [0.1, 0.15) is 11.9 Å². The van der Waals surface area contributed by atoms with E-state index in [4.69, 9.17) is 27.5 Å². The summed E-state index contributed by atoms with van der Waals surface area (Å²) in [5.74, 6) is -1.97. The number of azide groups is 1. The Morgan fingerprint density at radius 3 is 1.47 bits per heavy atom. The van der Waals surface area contributed by atoms with Crippen molar-refractivity contribution in [1.82, 2.24) is 14.7 Å². The molecule has 19 nitrogen and oxygen atoms in total. The average molecular weight is 1170 g/mol. The molecule has 8 rings (SSSR count). The molecule has 1 saturated heterocycles. The van der Waals surface area contributed by atoms with Gasteiger partial charge in [-0.3, -0.25) is 28.8 Å². The van der Waals surface area contributed by atoms with E-state index < -0.39 is 29.2 Å². The Morgan fingerprint density at radius 1 is 0.612 bits per heavy atom. The summed E-state index contributed by atoms with van der Waals surface area (Å²) in [6.07, 6.45) is 15.7. The molecule has 1 aliphatic heterocycles. The molecule has 85 heavy (non-hydrogen) atoms. The van der Waals surface area contributed by atoms with Crippen molar-refractivity contribution in [2.24, 2.45) is 22.3 Å². The van der Waals surface area contributed by atoms with Gasteiger partial charge in [0.25, 0.3) is 5.91 Å². The number of carbonyl (C=O) groups excluding carboxylic acids is 6. The van der Waals surface area contributed by atoms with Crippen molar-refractivity contribution in [1.29, 1.82) is 0 Å². The number of benzene rings is 4. The van der Waals surface area contributed by atoms with Gasteiger partial charge >= 0.3 is 0 Å². The van der Waals surface area contributed by atoms with Gasteiger partial charge in [-0.1, -0.05) is 81.1 Å². The molecule has 1 fully saturated rings. The highest BCUT2D eigenvalue weighted by molar-refractivity contribution is 5.98. The van der Waals surface area contributed by atoms with Gasteiger partial charge in [-0.25, -0.2) is 4.39 Å². The van der Waals surface area contributed by atoms with Crippen LogP contribution in [0.1, 0.15) is 184 Å². The number of rotatable bonds is 36. The summed E-state index contributed by atoms with van der Waals surface area (Å²) in [4.78, 5) is 90.1. The van der Waals surface area contributed by atoms with Gasteiger partial charge in [0, 0.05) is 98.3 Å². The Hall–Kier alpha value is -7.22. The van der Waals surface area contributed by atoms with Crippen LogP contribution in [0.25, 0.3) is 10.4 Å². The maximum atomic E-state index is 14.6. The fourth-order valence-electron chi connectivity index (χ4n) is 12.3. The van der Waals surface area contributed by atoms with E-state index in [-0.39, 0.29) is 86.7 Å². The Kier molecular flexibility index (Phi) is 25.3. The highest BCUT2D eigenvalue weighted by Gasteiger charge is 2.52. The molecule has 6 amide bonds. The first kappa shape index (κ1) is 65.3. The molecule has 9 N–H and O–H groups in total. The van der Waals surface area contributed by atoms with E-state index >= 15 is 0 Å². The second-order valence-corrected chi connectivity index (χ2v) is 23.1. The number of unbranched alkanes of at least 4 members (excludes halogenated alkanes) is 12. The van der Waals surface area contributed by atoms with Crippen molar-refractivity contribution in [3.63, 3.8) is 0 Å². The summed E-state index contributed by atoms with van der Waals surface area (Å²) in [6, 6.07) is 21.8. The Bertz CT molecular complexity index is 2770. The van der Waals surface area contributed by atoms with Crippen LogP contribution < -0.4 is 33.2 Å². The third kappa shape index (κ3) is 17.5. The smallest absolute Gasteiger partial charge is 0.254 e. The van der Waals surface area contributed by atoms with E-state index in [0.29, 0.717) is 62.4 Å². The van der Waals surface area contributed by atoms with Gasteiger partial charge in [0.15, 0.2) is 0 Å². The second kappa shape index (κ2) is 32.9. The molecule has 2 bridgehead atoms. The second-order valence-electron chi connectivity index (χ2n) is 23.1. The SMILES string of the molecule is CN(CCOCCN(C)C(=O)C1C[C@H](N=[N+]=[N-])CN1C(=O)c1ccc(F)cc1)C(=O)CCC12c3cc(NC(=O)CCCCCCCN)ccc3C(c3ccc(NC(=O)CCCCCCCN)cc31)c1ccc(NC(=O)CCCCCCCN)cc12. The number of nitrogens with one attached hydrogen (secondary N) is 3. The third-order valence-electron chi connectivity index (χ3n) is 16.9. The van der Waals surface area contributed by atoms with Crippen LogP contribution in [0.3, 0.4) is 0 Å². The van der Waals surface area contributed by atoms with E-state index in [1.807, 2.05) is 18.2 Å². The van der Waals surface area contributed by atoms with Crippen LogP contribution in [0.15, 0.2) is 84.0 Å². The van der Waals surface area contributed by atoms with Crippen LogP contribution in [0, 0.1) is 5.82 Å². The molecule has 1 unspecified atom stereocenters. The van der Waals surface area contributed by atoms with Crippen molar-refractivity contribution in [2.75, 3.05) is 82.5 Å². The number of nitrogens with two attached hydrogens (primary N) is 3. The predicted molar refractivity (Wildman–Crippen MR) is 330 cm³/mol. The lowest BCUT2D eigenvalue weighted by Gasteiger charge is -2.51. The molecule has 4 aromatic carbocycles. The minimum atomic E-state index is -0.991. The van der Waals surface area contributed by atoms with Crippen molar-refractivity contribution in [2.45, 2.75) is 158 Å². The zero-order valence-corrected chi connectivity index (χ0v) is 49.9. The van der Waals surface area contributed by atoms with Crippen LogP contribution in [-0.4, -0.2) is 129 Å². The molecule has 3 aliphatic carbocycles. The number of carbonyl (C=O) groups is 6. The first-order valence-electron chi connectivity index (χ1n) is 30.8. The zero-order chi connectivity index (χ0) is 60.7. The third-order valence-corrected chi connectivity index (χ3v) is 16.9. The maximum absolute atomic E-state index is 14.6. The molecule has 0 spiro atoms. The summed E-state index contributed by atoms with van der Waals surface area (Å²) in [6.45, 7) is 2.70. The lowest BCUT2D eigenvalue weighted by molar-refractivity contribution is -0.134. The van der Waals surface area contributed by atoms with Gasteiger partial charge in [-0.2, -0.15) is 0 Å². The number of nitrogens with zero attached hydrogens (tertiary/aromatic N) is 6. The minimum absolute atomic E-state index is 0.0384. The largest absolute Gasteiger partial charge is 0.378 e. The summed E-state index contributed by atoms with van der Waals surface area (Å²) in [7, 11) is 3.33. The maximum Gasteiger partial charge on any atom is 0.254 e. The van der Waals surface area contributed by atoms with Crippen LogP contribution >= 0.6 is 0 Å². The van der Waals surface area contributed by atoms with E-state index in [1.54, 1.807) is 19.0 Å². The molecule has 2 atom stereocenters. The Balaban J connectivity index is 1.11. The molecule has 20 heteroatoms. The monoisotopic (exact) mass is 1170 g/mol. The van der Waals surface area contributed by atoms with Crippen molar-refractivity contribution >= 4 is 52.5 Å². The molecular weight excluding hydrogens is 1080 g/mol. The first-order valence-corrected chi connectivity index (χ1v) is 30.8. The van der Waals surface area contributed by atoms with E-state index in [0.717, 1.165) is 130 Å². The molecule has 4 aromatic rings. The summed E-state index contributed by atoms with van der Waals surface area (Å²) < 4.78 is 19.7. The predicted octanol–water partition coefficient (Wildman–Crippen LogP) is 9.99. The topological polar surface area (TPSA) is 284 Å². The van der Waals surface area contributed by atoms with Crippen LogP contribution in [0.2, 0.25) is 0 Å². The van der Waals surface area contributed by atoms with E-state index in [2.05, 4.69) is 62.4 Å². The van der Waals surface area contributed by atoms with Gasteiger partial charge in [0.2, 0.25) is 29.5 Å². The lowest BCUT2D eigenvalue weighted by Crippen LogP contribution is -2.47. The fourth-order valence-corrected chi connectivity index (χ4v) is 12.3. The lowest BCUT2D eigenvalue weighted by atomic mass is 9.51. The Morgan fingerprint density at radius 2 is 1.04 bits per heavy atom. The number of halogens is 1. The zero-order valence-electron chi connectivity index (χ0n) is 49.9. The molecule has 0 radical (unpaired) electrons. The number of amides is 6. The van der Waals surface area contributed by atoms with Crippen molar-refractivity contribution in [3.8, 4) is 0 Å². The molecule has 458 valence electrons. The average Bonchev–Trinajstić information content (AvgIpc) is 1.09. The minimum Gasteiger partial charge on any atom is -0.378 e. The van der Waals surface area contributed by atoms with Gasteiger partial charge in [-0.05, 0) is 171 Å². The normalized spacial score (nSPS) is 17.1. The molecule has 0 aromatic heterocycles. The highest BCUT2D eigenvalue weighted by Crippen LogP contribution is 2.62. The number of likely N-dealkylation sites (tertiary alicyclic amines) is 1. The summed E-state index contributed by atoms with van der Waals surface area (Å²) >= 11 is 0. The molecule has 4 aliphatic rings. The highest BCUT2D eigenvalue weighted by atomic mass is 19.1. The van der Waals surface area contributed by atoms with E-state index in [9.17, 15) is 33.2 Å². The van der Waals surface area contributed by atoms with Gasteiger partial charge in [0.05, 0.1) is 19.3 Å². The van der Waals surface area contributed by atoms with Crippen molar-refractivity contribution in [3.05, 3.63) is 134 Å². The summed E-state index contributed by atoms with van der Waals surface area (Å²) in [5.41, 5.74) is 33.3. The molecular formula is C65H89FN12O7. The first-order chi connectivity index (χ1) is 41.2. The number of hydrogen-bond acceptors (Lipinski definition) is 11. The number of anilines is 3. The summed E-state index contributed by atoms with van der Waals surface area (Å²) in [5, 5.41) is 13.4. The molecule has 0 saturated carbocycles. The number of ether oxygens (including phenoxy) is 1. The van der Waals surface area contributed by atoms with Crippen LogP contribution in [-0.2, 0) is 34.1 Å². The number of hydrogen-bond donors (Lipinski definition) is 6. The van der Waals surface area contributed by atoms with Crippen molar-refractivity contribution < 1.29 is 37.9 Å². The number of likely N-dealkylation sites (N-methyl/N-ethyl adjacent to an activating group) is 2. The Labute approximate surface area is 500 Å². The standard InChI is InChI=1S/C65H89FN12O7/c1-76(36-38-85-39-37-77(2)64(84)57-43-50(74-75-70)44-78(57)63(83)45-21-23-46(66)24-22-45)61(82)31-32-65-54-40-47(71-58(79)18-12-6-3-9-15-33-67)25-28-51(54)62(52-29-26-48(41-55(52)65)72-59(80)19-13-7-4-10-16-34-68)53-30-27-49(42-56(53)65)73-60(81)20-14-8-5-11-17-35-69/h21-30,40-42,50,57,62H,3-20,31-39,43-44,67-69H2,1-2H3,(H,71,79)(H,72,80)(H,73,81)/t50-,57?,62?,65?/m0/s1.